The zero-order valence-corrected chi connectivity index (χ0v) is 12.6. The van der Waals surface area contributed by atoms with Crippen molar-refractivity contribution in [3.63, 3.8) is 0 Å². The third-order valence-corrected chi connectivity index (χ3v) is 3.32. The van der Waals surface area contributed by atoms with E-state index in [1.807, 2.05) is 49.4 Å². The lowest BCUT2D eigenvalue weighted by Crippen LogP contribution is -2.13. The average molecular weight is 287 g/mol. The van der Waals surface area contributed by atoms with Crippen molar-refractivity contribution in [3.05, 3.63) is 53.6 Å². The van der Waals surface area contributed by atoms with Gasteiger partial charge < -0.3 is 19.9 Å². The summed E-state index contributed by atoms with van der Waals surface area (Å²) in [5.74, 6) is 1.50. The Kier molecular flexibility index (Phi) is 5.06. The second kappa shape index (κ2) is 6.99. The van der Waals surface area contributed by atoms with Gasteiger partial charge in [-0.15, -0.1) is 0 Å². The van der Waals surface area contributed by atoms with Gasteiger partial charge in [0.25, 0.3) is 0 Å². The molecule has 0 aliphatic heterocycles. The van der Waals surface area contributed by atoms with E-state index in [2.05, 4.69) is 5.32 Å². The number of nitrogens with one attached hydrogen (secondary N) is 1. The molecule has 112 valence electrons. The molecule has 0 saturated carbocycles. The Balaban J connectivity index is 2.06. The predicted molar refractivity (Wildman–Crippen MR) is 84.2 cm³/mol. The SMILES string of the molecule is COc1cccc(C(O)CNc2cc(C)ccc2OC)c1. The Morgan fingerprint density at radius 2 is 1.90 bits per heavy atom. The Hall–Kier alpha value is -2.20. The Bertz CT molecular complexity index is 598. The third-order valence-electron chi connectivity index (χ3n) is 3.32. The van der Waals surface area contributed by atoms with Gasteiger partial charge in [-0.3, -0.25) is 0 Å². The number of aliphatic hydroxyl groups is 1. The molecule has 2 aromatic carbocycles. The first-order valence-electron chi connectivity index (χ1n) is 6.84. The number of rotatable bonds is 6. The van der Waals surface area contributed by atoms with Crippen LogP contribution in [0.15, 0.2) is 42.5 Å². The molecule has 0 aromatic heterocycles. The van der Waals surface area contributed by atoms with Crippen molar-refractivity contribution in [1.29, 1.82) is 0 Å². The Labute approximate surface area is 125 Å². The van der Waals surface area contributed by atoms with Gasteiger partial charge in [-0.05, 0) is 42.3 Å². The van der Waals surface area contributed by atoms with Crippen molar-refractivity contribution in [2.75, 3.05) is 26.1 Å². The summed E-state index contributed by atoms with van der Waals surface area (Å²) in [5, 5.41) is 13.5. The number of benzene rings is 2. The molecule has 0 bridgehead atoms. The predicted octanol–water partition coefficient (Wildman–Crippen LogP) is 3.16. The molecule has 21 heavy (non-hydrogen) atoms. The van der Waals surface area contributed by atoms with Gasteiger partial charge in [-0.2, -0.15) is 0 Å². The van der Waals surface area contributed by atoms with Crippen LogP contribution in [-0.4, -0.2) is 25.9 Å². The highest BCUT2D eigenvalue weighted by Crippen LogP contribution is 2.26. The molecule has 2 rings (SSSR count). The van der Waals surface area contributed by atoms with Crippen molar-refractivity contribution < 1.29 is 14.6 Å². The zero-order valence-electron chi connectivity index (χ0n) is 12.6. The van der Waals surface area contributed by atoms with Crippen molar-refractivity contribution in [1.82, 2.24) is 0 Å². The molecule has 4 heteroatoms. The van der Waals surface area contributed by atoms with Gasteiger partial charge in [0.05, 0.1) is 26.0 Å². The quantitative estimate of drug-likeness (QED) is 0.857. The van der Waals surface area contributed by atoms with E-state index in [4.69, 9.17) is 9.47 Å². The van der Waals surface area contributed by atoms with Crippen LogP contribution in [0.1, 0.15) is 17.2 Å². The topological polar surface area (TPSA) is 50.7 Å². The first-order chi connectivity index (χ1) is 10.1. The van der Waals surface area contributed by atoms with Gasteiger partial charge in [0.15, 0.2) is 0 Å². The molecule has 2 aromatic rings. The molecule has 0 aliphatic carbocycles. The molecule has 0 radical (unpaired) electrons. The lowest BCUT2D eigenvalue weighted by atomic mass is 10.1. The zero-order chi connectivity index (χ0) is 15.2. The van der Waals surface area contributed by atoms with Crippen LogP contribution in [-0.2, 0) is 0 Å². The van der Waals surface area contributed by atoms with E-state index in [1.165, 1.54) is 0 Å². The minimum absolute atomic E-state index is 0.396. The Morgan fingerprint density at radius 1 is 1.10 bits per heavy atom. The van der Waals surface area contributed by atoms with Crippen LogP contribution in [0.4, 0.5) is 5.69 Å². The lowest BCUT2D eigenvalue weighted by Gasteiger charge is -2.16. The fourth-order valence-electron chi connectivity index (χ4n) is 2.13. The van der Waals surface area contributed by atoms with Crippen LogP contribution in [0.25, 0.3) is 0 Å². The Morgan fingerprint density at radius 3 is 2.62 bits per heavy atom. The van der Waals surface area contributed by atoms with Crippen LogP contribution in [0, 0.1) is 6.92 Å². The van der Waals surface area contributed by atoms with E-state index in [0.29, 0.717) is 6.54 Å². The smallest absolute Gasteiger partial charge is 0.141 e. The summed E-state index contributed by atoms with van der Waals surface area (Å²) in [6, 6.07) is 13.3. The van der Waals surface area contributed by atoms with Crippen molar-refractivity contribution in [2.45, 2.75) is 13.0 Å². The summed E-state index contributed by atoms with van der Waals surface area (Å²) >= 11 is 0. The number of aliphatic hydroxyl groups excluding tert-OH is 1. The largest absolute Gasteiger partial charge is 0.497 e. The van der Waals surface area contributed by atoms with Gasteiger partial charge >= 0.3 is 0 Å². The molecule has 0 spiro atoms. The molecular weight excluding hydrogens is 266 g/mol. The summed E-state index contributed by atoms with van der Waals surface area (Å²) in [4.78, 5) is 0. The van der Waals surface area contributed by atoms with Gasteiger partial charge in [0, 0.05) is 6.54 Å². The van der Waals surface area contributed by atoms with Crippen LogP contribution >= 0.6 is 0 Å². The summed E-state index contributed by atoms with van der Waals surface area (Å²) in [7, 11) is 3.25. The van der Waals surface area contributed by atoms with Crippen LogP contribution in [0.2, 0.25) is 0 Å². The number of methoxy groups -OCH3 is 2. The maximum Gasteiger partial charge on any atom is 0.141 e. The molecule has 1 unspecified atom stereocenters. The fourth-order valence-corrected chi connectivity index (χ4v) is 2.13. The van der Waals surface area contributed by atoms with E-state index in [0.717, 1.165) is 28.3 Å². The maximum atomic E-state index is 10.3. The standard InChI is InChI=1S/C17H21NO3/c1-12-7-8-17(21-3)15(9-12)18-11-16(19)13-5-4-6-14(10-13)20-2/h4-10,16,18-19H,11H2,1-3H3. The fraction of sp³-hybridized carbons (Fsp3) is 0.294. The van der Waals surface area contributed by atoms with Crippen molar-refractivity contribution in [2.24, 2.45) is 0 Å². The molecule has 0 aliphatic rings. The number of ether oxygens (including phenoxy) is 2. The molecule has 4 nitrogen and oxygen atoms in total. The van der Waals surface area contributed by atoms with E-state index in [9.17, 15) is 5.11 Å². The van der Waals surface area contributed by atoms with Crippen LogP contribution < -0.4 is 14.8 Å². The minimum Gasteiger partial charge on any atom is -0.497 e. The van der Waals surface area contributed by atoms with Gasteiger partial charge in [0.2, 0.25) is 0 Å². The molecular formula is C17H21NO3. The lowest BCUT2D eigenvalue weighted by molar-refractivity contribution is 0.191. The van der Waals surface area contributed by atoms with E-state index in [1.54, 1.807) is 14.2 Å². The number of aryl methyl sites for hydroxylation is 1. The van der Waals surface area contributed by atoms with Gasteiger partial charge in [-0.1, -0.05) is 18.2 Å². The van der Waals surface area contributed by atoms with Crippen LogP contribution in [0.5, 0.6) is 11.5 Å². The molecule has 0 fully saturated rings. The first kappa shape index (κ1) is 15.2. The number of hydrogen-bond acceptors (Lipinski definition) is 4. The highest BCUT2D eigenvalue weighted by Gasteiger charge is 2.10. The molecule has 2 N–H and O–H groups in total. The summed E-state index contributed by atoms with van der Waals surface area (Å²) in [5.41, 5.74) is 2.82. The van der Waals surface area contributed by atoms with Gasteiger partial charge in [0.1, 0.15) is 11.5 Å². The third kappa shape index (κ3) is 3.89. The minimum atomic E-state index is -0.620. The van der Waals surface area contributed by atoms with Crippen molar-refractivity contribution >= 4 is 5.69 Å². The number of hydrogen-bond donors (Lipinski definition) is 2. The highest BCUT2D eigenvalue weighted by atomic mass is 16.5. The normalized spacial score (nSPS) is 11.8. The summed E-state index contributed by atoms with van der Waals surface area (Å²) < 4.78 is 10.5. The summed E-state index contributed by atoms with van der Waals surface area (Å²) in [6.45, 7) is 2.41. The summed E-state index contributed by atoms with van der Waals surface area (Å²) in [6.07, 6.45) is -0.620. The highest BCUT2D eigenvalue weighted by molar-refractivity contribution is 5.58. The van der Waals surface area contributed by atoms with E-state index < -0.39 is 6.10 Å². The molecule has 1 atom stereocenters. The van der Waals surface area contributed by atoms with Crippen molar-refractivity contribution in [3.8, 4) is 11.5 Å². The monoisotopic (exact) mass is 287 g/mol. The molecule has 0 amide bonds. The second-order valence-corrected chi connectivity index (χ2v) is 4.88. The van der Waals surface area contributed by atoms with Gasteiger partial charge in [-0.25, -0.2) is 0 Å². The first-order valence-corrected chi connectivity index (χ1v) is 6.84. The maximum absolute atomic E-state index is 10.3. The second-order valence-electron chi connectivity index (χ2n) is 4.88. The van der Waals surface area contributed by atoms with E-state index in [-0.39, 0.29) is 0 Å². The molecule has 0 saturated heterocycles. The average Bonchev–Trinajstić information content (AvgIpc) is 2.52. The van der Waals surface area contributed by atoms with Crippen LogP contribution in [0.3, 0.4) is 0 Å². The number of anilines is 1. The van der Waals surface area contributed by atoms with E-state index >= 15 is 0 Å². The molecule has 0 heterocycles.